The maximum atomic E-state index is 6.43. The molecule has 2 nitrogen and oxygen atoms in total. The van der Waals surface area contributed by atoms with Gasteiger partial charge in [0, 0.05) is 29.1 Å². The van der Waals surface area contributed by atoms with Gasteiger partial charge < -0.3 is 4.74 Å². The molecule has 0 amide bonds. The van der Waals surface area contributed by atoms with Crippen LogP contribution in [0.1, 0.15) is 30.7 Å². The average Bonchev–Trinajstić information content (AvgIpc) is 3.04. The van der Waals surface area contributed by atoms with E-state index in [-0.39, 0.29) is 6.10 Å². The van der Waals surface area contributed by atoms with Crippen molar-refractivity contribution in [2.45, 2.75) is 31.3 Å². The van der Waals surface area contributed by atoms with Crippen molar-refractivity contribution in [3.63, 3.8) is 0 Å². The fraction of sp³-hybridized carbons (Fsp3) is 0.250. The summed E-state index contributed by atoms with van der Waals surface area (Å²) in [4.78, 5) is 4.19. The zero-order chi connectivity index (χ0) is 14.8. The van der Waals surface area contributed by atoms with Crippen LogP contribution in [0.5, 0.6) is 5.75 Å². The van der Waals surface area contributed by atoms with E-state index in [1.807, 2.05) is 24.5 Å². The van der Waals surface area contributed by atoms with Gasteiger partial charge >= 0.3 is 0 Å². The Morgan fingerprint density at radius 3 is 2.73 bits per heavy atom. The standard InChI is InChI=1S/C20H19NO/c1-2-6-15(7-3-1)17-9-5-11-19(17)22-20-10-4-8-16-14-21-13-12-18(16)20/h1-4,6-8,10,12-14,17,19H,5,9,11H2/t17-,19-/m0/s1. The van der Waals surface area contributed by atoms with Crippen molar-refractivity contribution in [2.75, 3.05) is 0 Å². The smallest absolute Gasteiger partial charge is 0.127 e. The van der Waals surface area contributed by atoms with E-state index in [0.29, 0.717) is 5.92 Å². The average molecular weight is 289 g/mol. The summed E-state index contributed by atoms with van der Waals surface area (Å²) in [5.41, 5.74) is 1.40. The summed E-state index contributed by atoms with van der Waals surface area (Å²) in [5, 5.41) is 2.28. The minimum atomic E-state index is 0.265. The molecule has 2 atom stereocenters. The highest BCUT2D eigenvalue weighted by atomic mass is 16.5. The third-order valence-corrected chi connectivity index (χ3v) is 4.60. The number of fused-ring (bicyclic) bond motifs is 1. The first-order valence-electron chi connectivity index (χ1n) is 7.96. The molecule has 0 bridgehead atoms. The highest BCUT2D eigenvalue weighted by Gasteiger charge is 2.30. The molecule has 2 aromatic carbocycles. The lowest BCUT2D eigenvalue weighted by molar-refractivity contribution is 0.193. The van der Waals surface area contributed by atoms with Gasteiger partial charge in [-0.1, -0.05) is 42.5 Å². The molecule has 110 valence electrons. The summed E-state index contributed by atoms with van der Waals surface area (Å²) in [5.74, 6) is 1.48. The first-order valence-corrected chi connectivity index (χ1v) is 7.96. The van der Waals surface area contributed by atoms with Crippen LogP contribution in [0.3, 0.4) is 0 Å². The van der Waals surface area contributed by atoms with Gasteiger partial charge in [0.1, 0.15) is 11.9 Å². The fourth-order valence-electron chi connectivity index (χ4n) is 3.51. The van der Waals surface area contributed by atoms with Crippen LogP contribution in [0.25, 0.3) is 10.8 Å². The molecule has 0 saturated heterocycles. The second kappa shape index (κ2) is 5.80. The van der Waals surface area contributed by atoms with Gasteiger partial charge in [-0.15, -0.1) is 0 Å². The van der Waals surface area contributed by atoms with Gasteiger partial charge in [0.25, 0.3) is 0 Å². The highest BCUT2D eigenvalue weighted by Crippen LogP contribution is 2.38. The maximum absolute atomic E-state index is 6.43. The summed E-state index contributed by atoms with van der Waals surface area (Å²) in [6, 6.07) is 19.0. The van der Waals surface area contributed by atoms with Crippen LogP contribution >= 0.6 is 0 Å². The monoisotopic (exact) mass is 289 g/mol. The van der Waals surface area contributed by atoms with E-state index < -0.39 is 0 Å². The van der Waals surface area contributed by atoms with Gasteiger partial charge in [-0.3, -0.25) is 4.98 Å². The zero-order valence-electron chi connectivity index (χ0n) is 12.5. The number of rotatable bonds is 3. The van der Waals surface area contributed by atoms with Crippen molar-refractivity contribution in [1.82, 2.24) is 4.98 Å². The Morgan fingerprint density at radius 1 is 0.909 bits per heavy atom. The summed E-state index contributed by atoms with van der Waals surface area (Å²) in [6.45, 7) is 0. The largest absolute Gasteiger partial charge is 0.489 e. The first-order chi connectivity index (χ1) is 10.9. The third kappa shape index (κ3) is 2.45. The van der Waals surface area contributed by atoms with Crippen LogP contribution in [-0.4, -0.2) is 11.1 Å². The van der Waals surface area contributed by atoms with E-state index >= 15 is 0 Å². The second-order valence-corrected chi connectivity index (χ2v) is 5.96. The predicted octanol–water partition coefficient (Wildman–Crippen LogP) is 4.95. The maximum Gasteiger partial charge on any atom is 0.127 e. The minimum absolute atomic E-state index is 0.265. The van der Waals surface area contributed by atoms with Crippen molar-refractivity contribution >= 4 is 10.8 Å². The molecule has 1 heterocycles. The number of hydrogen-bond acceptors (Lipinski definition) is 2. The molecule has 2 heteroatoms. The van der Waals surface area contributed by atoms with Gasteiger partial charge in [-0.05, 0) is 37.0 Å². The van der Waals surface area contributed by atoms with E-state index in [4.69, 9.17) is 4.74 Å². The molecule has 0 N–H and O–H groups in total. The van der Waals surface area contributed by atoms with Crippen LogP contribution in [0.15, 0.2) is 67.0 Å². The van der Waals surface area contributed by atoms with Crippen LogP contribution in [0.2, 0.25) is 0 Å². The first kappa shape index (κ1) is 13.3. The molecule has 0 aliphatic heterocycles. The number of nitrogens with zero attached hydrogens (tertiary/aromatic N) is 1. The topological polar surface area (TPSA) is 22.1 Å². The number of aromatic nitrogens is 1. The Kier molecular flexibility index (Phi) is 3.51. The van der Waals surface area contributed by atoms with Crippen molar-refractivity contribution in [1.29, 1.82) is 0 Å². The summed E-state index contributed by atoms with van der Waals surface area (Å²) < 4.78 is 6.43. The molecule has 0 spiro atoms. The van der Waals surface area contributed by atoms with Crippen molar-refractivity contribution in [2.24, 2.45) is 0 Å². The highest BCUT2D eigenvalue weighted by molar-refractivity contribution is 5.87. The van der Waals surface area contributed by atoms with E-state index in [1.165, 1.54) is 18.4 Å². The van der Waals surface area contributed by atoms with Gasteiger partial charge in [-0.2, -0.15) is 0 Å². The molecular formula is C20H19NO. The normalized spacial score (nSPS) is 21.1. The number of ether oxygens (including phenoxy) is 1. The summed E-state index contributed by atoms with van der Waals surface area (Å²) in [6.07, 6.45) is 7.56. The minimum Gasteiger partial charge on any atom is -0.489 e. The third-order valence-electron chi connectivity index (χ3n) is 4.60. The van der Waals surface area contributed by atoms with Crippen LogP contribution in [0, 0.1) is 0 Å². The Hall–Kier alpha value is -2.35. The Balaban J connectivity index is 1.64. The van der Waals surface area contributed by atoms with E-state index in [0.717, 1.165) is 22.9 Å². The van der Waals surface area contributed by atoms with E-state index in [1.54, 1.807) is 0 Å². The van der Waals surface area contributed by atoms with Crippen molar-refractivity contribution in [3.05, 3.63) is 72.6 Å². The molecule has 4 rings (SSSR count). The van der Waals surface area contributed by atoms with E-state index in [9.17, 15) is 0 Å². The molecule has 1 fully saturated rings. The SMILES string of the molecule is c1ccc([C@@H]2CCC[C@@H]2Oc2cccc3cnccc23)cc1. The number of benzene rings is 2. The Labute approximate surface area is 130 Å². The van der Waals surface area contributed by atoms with Crippen LogP contribution in [-0.2, 0) is 0 Å². The van der Waals surface area contributed by atoms with Gasteiger partial charge in [0.05, 0.1) is 0 Å². The Bertz CT molecular complexity index is 764. The quantitative estimate of drug-likeness (QED) is 0.680. The molecule has 1 aliphatic rings. The van der Waals surface area contributed by atoms with Gasteiger partial charge in [0.2, 0.25) is 0 Å². The Morgan fingerprint density at radius 2 is 1.82 bits per heavy atom. The van der Waals surface area contributed by atoms with E-state index in [2.05, 4.69) is 47.4 Å². The molecule has 1 saturated carbocycles. The molecule has 1 aliphatic carbocycles. The lowest BCUT2D eigenvalue weighted by atomic mass is 9.96. The number of pyridine rings is 1. The lowest BCUT2D eigenvalue weighted by Gasteiger charge is -2.22. The molecule has 0 radical (unpaired) electrons. The van der Waals surface area contributed by atoms with Crippen molar-refractivity contribution < 1.29 is 4.74 Å². The molecule has 22 heavy (non-hydrogen) atoms. The lowest BCUT2D eigenvalue weighted by Crippen LogP contribution is -2.20. The summed E-state index contributed by atoms with van der Waals surface area (Å²) in [7, 11) is 0. The number of hydrogen-bond donors (Lipinski definition) is 0. The van der Waals surface area contributed by atoms with Crippen LogP contribution in [0.4, 0.5) is 0 Å². The fourth-order valence-corrected chi connectivity index (χ4v) is 3.51. The second-order valence-electron chi connectivity index (χ2n) is 5.96. The van der Waals surface area contributed by atoms with Gasteiger partial charge in [-0.25, -0.2) is 0 Å². The van der Waals surface area contributed by atoms with Crippen LogP contribution < -0.4 is 4.74 Å². The van der Waals surface area contributed by atoms with Crippen molar-refractivity contribution in [3.8, 4) is 5.75 Å². The predicted molar refractivity (Wildman–Crippen MR) is 89.2 cm³/mol. The summed E-state index contributed by atoms with van der Waals surface area (Å²) >= 11 is 0. The molecule has 1 aromatic heterocycles. The zero-order valence-corrected chi connectivity index (χ0v) is 12.5. The molecule has 3 aromatic rings. The molecule has 0 unspecified atom stereocenters. The van der Waals surface area contributed by atoms with Gasteiger partial charge in [0.15, 0.2) is 0 Å². The molecular weight excluding hydrogens is 270 g/mol.